The van der Waals surface area contributed by atoms with Gasteiger partial charge in [-0.15, -0.1) is 0 Å². The molecule has 4 heteroatoms. The fourth-order valence-electron chi connectivity index (χ4n) is 3.85. The summed E-state index contributed by atoms with van der Waals surface area (Å²) in [6, 6.07) is 16.3. The lowest BCUT2D eigenvalue weighted by molar-refractivity contribution is 0.192. The number of aryl methyl sites for hydroxylation is 1. The van der Waals surface area contributed by atoms with Gasteiger partial charge in [-0.1, -0.05) is 60.6 Å². The SMILES string of the molecule is COCCCCCCc1cccc([P+](=O)c2ccccc2)c1CCCCCCOC. The first-order valence-electron chi connectivity index (χ1n) is 11.4. The maximum atomic E-state index is 13.4. The summed E-state index contributed by atoms with van der Waals surface area (Å²) < 4.78 is 23.7. The smallest absolute Gasteiger partial charge is 0.385 e. The van der Waals surface area contributed by atoms with Crippen LogP contribution in [0.15, 0.2) is 48.5 Å². The highest BCUT2D eigenvalue weighted by molar-refractivity contribution is 7.61. The van der Waals surface area contributed by atoms with Gasteiger partial charge in [-0.05, 0) is 62.3 Å². The molecule has 1 unspecified atom stereocenters. The van der Waals surface area contributed by atoms with Crippen molar-refractivity contribution in [1.82, 2.24) is 0 Å². The standard InChI is InChI=1S/C26H38O3P/c1-28-21-12-5-3-8-15-23-16-14-20-26(30(27)24-17-9-7-10-18-24)25(23)19-11-4-6-13-22-29-2/h7,9-10,14,16-18,20H,3-6,8,11-13,15,19,21-22H2,1-2H3/q+1. The van der Waals surface area contributed by atoms with E-state index in [9.17, 15) is 4.57 Å². The van der Waals surface area contributed by atoms with Gasteiger partial charge in [-0.3, -0.25) is 0 Å². The van der Waals surface area contributed by atoms with E-state index in [1.807, 2.05) is 30.3 Å². The molecule has 1 atom stereocenters. The van der Waals surface area contributed by atoms with Gasteiger partial charge in [0.25, 0.3) is 0 Å². The molecule has 0 saturated carbocycles. The second-order valence-corrected chi connectivity index (χ2v) is 9.45. The summed E-state index contributed by atoms with van der Waals surface area (Å²) in [5, 5.41) is 1.95. The summed E-state index contributed by atoms with van der Waals surface area (Å²) in [5.41, 5.74) is 2.71. The van der Waals surface area contributed by atoms with Crippen LogP contribution in [-0.2, 0) is 26.9 Å². The molecule has 164 valence electrons. The third kappa shape index (κ3) is 8.68. The Kier molecular flexibility index (Phi) is 12.6. The second-order valence-electron chi connectivity index (χ2n) is 7.86. The van der Waals surface area contributed by atoms with E-state index in [1.165, 1.54) is 43.2 Å². The predicted octanol–water partition coefficient (Wildman–Crippen LogP) is 5.96. The summed E-state index contributed by atoms with van der Waals surface area (Å²) in [5.74, 6) is 0. The molecule has 0 radical (unpaired) electrons. The highest BCUT2D eigenvalue weighted by atomic mass is 31.1. The molecule has 0 bridgehead atoms. The van der Waals surface area contributed by atoms with Gasteiger partial charge in [0, 0.05) is 33.0 Å². The zero-order valence-electron chi connectivity index (χ0n) is 18.8. The molecule has 0 heterocycles. The molecule has 0 aliphatic carbocycles. The number of unbranched alkanes of at least 4 members (excludes halogenated alkanes) is 6. The van der Waals surface area contributed by atoms with Gasteiger partial charge in [-0.25, -0.2) is 0 Å². The van der Waals surface area contributed by atoms with E-state index >= 15 is 0 Å². The zero-order chi connectivity index (χ0) is 21.4. The topological polar surface area (TPSA) is 35.5 Å². The van der Waals surface area contributed by atoms with Crippen LogP contribution in [0, 0.1) is 0 Å². The summed E-state index contributed by atoms with van der Waals surface area (Å²) in [4.78, 5) is 0. The van der Waals surface area contributed by atoms with Gasteiger partial charge in [0.2, 0.25) is 0 Å². The molecule has 3 nitrogen and oxygen atoms in total. The van der Waals surface area contributed by atoms with Gasteiger partial charge in [0.1, 0.15) is 0 Å². The number of hydrogen-bond acceptors (Lipinski definition) is 3. The van der Waals surface area contributed by atoms with Crippen LogP contribution in [0.3, 0.4) is 0 Å². The van der Waals surface area contributed by atoms with Crippen LogP contribution in [0.1, 0.15) is 62.5 Å². The van der Waals surface area contributed by atoms with Crippen molar-refractivity contribution in [2.45, 2.75) is 64.2 Å². The minimum atomic E-state index is -1.55. The van der Waals surface area contributed by atoms with Crippen molar-refractivity contribution in [3.63, 3.8) is 0 Å². The lowest BCUT2D eigenvalue weighted by atomic mass is 9.96. The number of ether oxygens (including phenoxy) is 2. The maximum Gasteiger partial charge on any atom is 0.415 e. The predicted molar refractivity (Wildman–Crippen MR) is 128 cm³/mol. The molecule has 30 heavy (non-hydrogen) atoms. The van der Waals surface area contributed by atoms with Crippen molar-refractivity contribution in [2.75, 3.05) is 27.4 Å². The Bertz CT molecular complexity index is 730. The van der Waals surface area contributed by atoms with Gasteiger partial charge < -0.3 is 9.47 Å². The average molecular weight is 430 g/mol. The Morgan fingerprint density at radius 3 is 1.90 bits per heavy atom. The largest absolute Gasteiger partial charge is 0.415 e. The lowest BCUT2D eigenvalue weighted by Gasteiger charge is -2.11. The Morgan fingerprint density at radius 2 is 1.27 bits per heavy atom. The minimum absolute atomic E-state index is 0.838. The fraction of sp³-hybridized carbons (Fsp3) is 0.538. The molecule has 0 spiro atoms. The Balaban J connectivity index is 2.07. The molecule has 0 N–H and O–H groups in total. The average Bonchev–Trinajstić information content (AvgIpc) is 2.79. The summed E-state index contributed by atoms with van der Waals surface area (Å²) in [6.07, 6.45) is 11.4. The first kappa shape index (κ1) is 24.7. The molecule has 0 aliphatic heterocycles. The van der Waals surface area contributed by atoms with Gasteiger partial charge in [0.15, 0.2) is 10.6 Å². The molecule has 0 saturated heterocycles. The van der Waals surface area contributed by atoms with Crippen molar-refractivity contribution in [3.8, 4) is 0 Å². The van der Waals surface area contributed by atoms with Crippen molar-refractivity contribution in [3.05, 3.63) is 59.7 Å². The van der Waals surface area contributed by atoms with Crippen molar-refractivity contribution in [2.24, 2.45) is 0 Å². The van der Waals surface area contributed by atoms with Crippen LogP contribution in [0.25, 0.3) is 0 Å². The van der Waals surface area contributed by atoms with E-state index in [0.29, 0.717) is 0 Å². The molecule has 0 fully saturated rings. The number of methoxy groups -OCH3 is 2. The maximum absolute atomic E-state index is 13.4. The molecular weight excluding hydrogens is 391 g/mol. The van der Waals surface area contributed by atoms with Crippen molar-refractivity contribution >= 4 is 18.4 Å². The van der Waals surface area contributed by atoms with Crippen LogP contribution in [0.4, 0.5) is 0 Å². The van der Waals surface area contributed by atoms with Crippen LogP contribution in [0.2, 0.25) is 0 Å². The third-order valence-electron chi connectivity index (χ3n) is 5.53. The normalized spacial score (nSPS) is 11.6. The Morgan fingerprint density at radius 1 is 0.667 bits per heavy atom. The van der Waals surface area contributed by atoms with E-state index in [4.69, 9.17) is 9.47 Å². The zero-order valence-corrected chi connectivity index (χ0v) is 19.7. The van der Waals surface area contributed by atoms with Gasteiger partial charge in [-0.2, -0.15) is 0 Å². The first-order chi connectivity index (χ1) is 14.8. The van der Waals surface area contributed by atoms with E-state index < -0.39 is 7.80 Å². The van der Waals surface area contributed by atoms with Crippen LogP contribution in [0.5, 0.6) is 0 Å². The van der Waals surface area contributed by atoms with Crippen LogP contribution in [-0.4, -0.2) is 27.4 Å². The highest BCUT2D eigenvalue weighted by Gasteiger charge is 2.27. The van der Waals surface area contributed by atoms with E-state index in [0.717, 1.165) is 55.9 Å². The van der Waals surface area contributed by atoms with Crippen LogP contribution >= 0.6 is 7.80 Å². The fourth-order valence-corrected chi connectivity index (χ4v) is 5.30. The van der Waals surface area contributed by atoms with Crippen molar-refractivity contribution in [1.29, 1.82) is 0 Å². The highest BCUT2D eigenvalue weighted by Crippen LogP contribution is 2.26. The first-order valence-corrected chi connectivity index (χ1v) is 12.6. The van der Waals surface area contributed by atoms with Crippen molar-refractivity contribution < 1.29 is 14.0 Å². The monoisotopic (exact) mass is 429 g/mol. The summed E-state index contributed by atoms with van der Waals surface area (Å²) >= 11 is 0. The number of hydrogen-bond donors (Lipinski definition) is 0. The number of rotatable bonds is 16. The van der Waals surface area contributed by atoms with E-state index in [-0.39, 0.29) is 0 Å². The van der Waals surface area contributed by atoms with E-state index in [2.05, 4.69) is 18.2 Å². The third-order valence-corrected chi connectivity index (χ3v) is 7.15. The Hall–Kier alpha value is -1.54. The van der Waals surface area contributed by atoms with Crippen LogP contribution < -0.4 is 10.6 Å². The lowest BCUT2D eigenvalue weighted by Crippen LogP contribution is -2.14. The molecule has 0 amide bonds. The second kappa shape index (κ2) is 15.3. The molecule has 2 rings (SSSR count). The molecular formula is C26H38O3P+. The molecule has 0 aliphatic rings. The number of benzene rings is 2. The molecule has 2 aromatic rings. The summed E-state index contributed by atoms with van der Waals surface area (Å²) in [7, 11) is 1.98. The van der Waals surface area contributed by atoms with E-state index in [1.54, 1.807) is 14.2 Å². The molecule has 2 aromatic carbocycles. The van der Waals surface area contributed by atoms with Gasteiger partial charge >= 0.3 is 7.80 Å². The minimum Gasteiger partial charge on any atom is -0.385 e. The molecule has 0 aromatic heterocycles. The van der Waals surface area contributed by atoms with Gasteiger partial charge in [0.05, 0.1) is 0 Å². The summed E-state index contributed by atoms with van der Waals surface area (Å²) in [6.45, 7) is 1.69. The quantitative estimate of drug-likeness (QED) is 0.244. The Labute approximate surface area is 184 Å².